The third-order valence-corrected chi connectivity index (χ3v) is 7.39. The van der Waals surface area contributed by atoms with E-state index in [2.05, 4.69) is 15.6 Å². The number of nitrogens with zero attached hydrogens (tertiary/aromatic N) is 2. The molecule has 0 aliphatic heterocycles. The van der Waals surface area contributed by atoms with Gasteiger partial charge in [0.15, 0.2) is 0 Å². The highest BCUT2D eigenvalue weighted by Gasteiger charge is 2.34. The van der Waals surface area contributed by atoms with E-state index in [0.717, 1.165) is 35.2 Å². The number of carbonyl (C=O) groups excluding carboxylic acids is 3. The predicted molar refractivity (Wildman–Crippen MR) is 150 cm³/mol. The van der Waals surface area contributed by atoms with E-state index in [9.17, 15) is 14.4 Å². The van der Waals surface area contributed by atoms with Crippen molar-refractivity contribution in [1.82, 2.24) is 20.2 Å². The third-order valence-electron chi connectivity index (χ3n) is 7.39. The molecule has 1 saturated carbocycles. The van der Waals surface area contributed by atoms with Crippen molar-refractivity contribution in [1.29, 1.82) is 0 Å². The van der Waals surface area contributed by atoms with E-state index in [1.54, 1.807) is 6.20 Å². The van der Waals surface area contributed by atoms with E-state index < -0.39 is 17.9 Å². The number of hydrogen-bond donors (Lipinski definition) is 3. The van der Waals surface area contributed by atoms with Crippen LogP contribution in [-0.4, -0.2) is 46.0 Å². The lowest BCUT2D eigenvalue weighted by Gasteiger charge is -2.32. The van der Waals surface area contributed by atoms with E-state index in [0.29, 0.717) is 38.0 Å². The van der Waals surface area contributed by atoms with Crippen molar-refractivity contribution in [3.63, 3.8) is 0 Å². The number of benzene rings is 1. The van der Waals surface area contributed by atoms with Crippen LogP contribution in [0.25, 0.3) is 10.9 Å². The summed E-state index contributed by atoms with van der Waals surface area (Å²) in [6, 6.07) is 12.4. The van der Waals surface area contributed by atoms with Crippen LogP contribution in [0.2, 0.25) is 0 Å². The molecule has 4 rings (SSSR count). The lowest BCUT2D eigenvalue weighted by Crippen LogP contribution is -2.53. The molecular weight excluding hydrogens is 494 g/mol. The number of aryl methyl sites for hydroxylation is 1. The second-order valence-corrected chi connectivity index (χ2v) is 10.8. The van der Waals surface area contributed by atoms with Crippen LogP contribution >= 0.6 is 0 Å². The molecule has 3 atom stereocenters. The molecule has 0 radical (unpaired) electrons. The first-order valence-corrected chi connectivity index (χ1v) is 13.8. The van der Waals surface area contributed by atoms with Gasteiger partial charge in [-0.25, -0.2) is 0 Å². The van der Waals surface area contributed by atoms with Crippen LogP contribution in [-0.2, 0) is 23.1 Å². The van der Waals surface area contributed by atoms with Crippen LogP contribution < -0.4 is 21.1 Å². The lowest BCUT2D eigenvalue weighted by atomic mass is 9.83. The summed E-state index contributed by atoms with van der Waals surface area (Å²) < 4.78 is 7.79. The number of pyridine rings is 1. The Balaban J connectivity index is 1.42. The predicted octanol–water partition coefficient (Wildman–Crippen LogP) is 3.50. The fraction of sp³-hybridized carbons (Fsp3) is 0.467. The van der Waals surface area contributed by atoms with Crippen molar-refractivity contribution >= 4 is 28.6 Å². The Morgan fingerprint density at radius 1 is 1.13 bits per heavy atom. The first-order chi connectivity index (χ1) is 18.7. The van der Waals surface area contributed by atoms with Crippen molar-refractivity contribution in [2.75, 3.05) is 6.61 Å². The van der Waals surface area contributed by atoms with Crippen molar-refractivity contribution in [2.24, 2.45) is 24.6 Å². The molecule has 1 aromatic carbocycles. The fourth-order valence-corrected chi connectivity index (χ4v) is 5.29. The van der Waals surface area contributed by atoms with Crippen molar-refractivity contribution < 1.29 is 19.1 Å². The normalized spacial score (nSPS) is 18.1. The van der Waals surface area contributed by atoms with E-state index in [-0.39, 0.29) is 23.8 Å². The average Bonchev–Trinajstić information content (AvgIpc) is 3.24. The Bertz CT molecular complexity index is 1300. The van der Waals surface area contributed by atoms with Gasteiger partial charge in [0.25, 0.3) is 5.91 Å². The topological polar surface area (TPSA) is 128 Å². The summed E-state index contributed by atoms with van der Waals surface area (Å²) >= 11 is 0. The van der Waals surface area contributed by atoms with Gasteiger partial charge >= 0.3 is 0 Å². The smallest absolute Gasteiger partial charge is 0.268 e. The monoisotopic (exact) mass is 533 g/mol. The highest BCUT2D eigenvalue weighted by Crippen LogP contribution is 2.27. The van der Waals surface area contributed by atoms with Gasteiger partial charge in [-0.2, -0.15) is 0 Å². The maximum atomic E-state index is 13.4. The summed E-state index contributed by atoms with van der Waals surface area (Å²) in [6.07, 6.45) is 6.13. The molecule has 3 aromatic rings. The molecule has 0 spiro atoms. The number of amides is 3. The SMILES string of the molecule is CC(C)C[C@H](NC(=O)[C@@H]1CCCC[C@@H]1NC(=O)c1cc2ccc(OCCc3ccccn3)cc2n1C)C(N)=O. The van der Waals surface area contributed by atoms with Crippen LogP contribution in [0.4, 0.5) is 0 Å². The molecule has 0 bridgehead atoms. The van der Waals surface area contributed by atoms with Gasteiger partial charge in [0.05, 0.1) is 18.0 Å². The maximum Gasteiger partial charge on any atom is 0.268 e. The molecule has 208 valence electrons. The molecule has 1 aliphatic rings. The van der Waals surface area contributed by atoms with E-state index >= 15 is 0 Å². The van der Waals surface area contributed by atoms with Crippen LogP contribution in [0.5, 0.6) is 5.75 Å². The highest BCUT2D eigenvalue weighted by atomic mass is 16.5. The summed E-state index contributed by atoms with van der Waals surface area (Å²) in [5, 5.41) is 6.87. The highest BCUT2D eigenvalue weighted by molar-refractivity contribution is 5.99. The Morgan fingerprint density at radius 2 is 1.92 bits per heavy atom. The summed E-state index contributed by atoms with van der Waals surface area (Å²) in [6.45, 7) is 4.46. The first-order valence-electron chi connectivity index (χ1n) is 13.8. The van der Waals surface area contributed by atoms with Crippen LogP contribution in [0.15, 0.2) is 48.7 Å². The van der Waals surface area contributed by atoms with Crippen molar-refractivity contribution in [2.45, 2.75) is 64.5 Å². The zero-order valence-electron chi connectivity index (χ0n) is 23.0. The van der Waals surface area contributed by atoms with E-state index in [1.807, 2.05) is 67.9 Å². The number of hydrogen-bond acceptors (Lipinski definition) is 5. The molecule has 1 aliphatic carbocycles. The largest absolute Gasteiger partial charge is 0.493 e. The van der Waals surface area contributed by atoms with E-state index in [4.69, 9.17) is 10.5 Å². The zero-order valence-corrected chi connectivity index (χ0v) is 23.0. The minimum absolute atomic E-state index is 0.211. The summed E-state index contributed by atoms with van der Waals surface area (Å²) in [5.74, 6) is -0.475. The molecule has 39 heavy (non-hydrogen) atoms. The second kappa shape index (κ2) is 12.8. The zero-order chi connectivity index (χ0) is 27.9. The van der Waals surface area contributed by atoms with Gasteiger partial charge in [0, 0.05) is 42.9 Å². The second-order valence-electron chi connectivity index (χ2n) is 10.8. The maximum absolute atomic E-state index is 13.4. The number of primary amides is 1. The fourth-order valence-electron chi connectivity index (χ4n) is 5.29. The molecule has 9 nitrogen and oxygen atoms in total. The first kappa shape index (κ1) is 28.1. The molecule has 3 amide bonds. The van der Waals surface area contributed by atoms with Gasteiger partial charge in [-0.05, 0) is 55.5 Å². The Morgan fingerprint density at radius 3 is 2.64 bits per heavy atom. The average molecular weight is 534 g/mol. The number of nitrogens with one attached hydrogen (secondary N) is 2. The van der Waals surface area contributed by atoms with Gasteiger partial charge < -0.3 is 25.7 Å². The van der Waals surface area contributed by atoms with Gasteiger partial charge in [-0.3, -0.25) is 19.4 Å². The summed E-state index contributed by atoms with van der Waals surface area (Å²) in [4.78, 5) is 42.7. The van der Waals surface area contributed by atoms with Gasteiger partial charge in [0.1, 0.15) is 17.5 Å². The number of fused-ring (bicyclic) bond motifs is 1. The Hall–Kier alpha value is -3.88. The van der Waals surface area contributed by atoms with E-state index in [1.165, 1.54) is 0 Å². The van der Waals surface area contributed by atoms with Gasteiger partial charge in [-0.15, -0.1) is 0 Å². The molecule has 9 heteroatoms. The number of aromatic nitrogens is 2. The number of ether oxygens (including phenoxy) is 1. The van der Waals surface area contributed by atoms with Crippen molar-refractivity contribution in [3.8, 4) is 5.75 Å². The molecule has 0 saturated heterocycles. The third kappa shape index (κ3) is 7.16. The minimum Gasteiger partial charge on any atom is -0.493 e. The van der Waals surface area contributed by atoms with Crippen molar-refractivity contribution in [3.05, 3.63) is 60.0 Å². The minimum atomic E-state index is -0.714. The molecule has 2 heterocycles. The summed E-state index contributed by atoms with van der Waals surface area (Å²) in [7, 11) is 1.85. The number of nitrogens with two attached hydrogens (primary N) is 1. The summed E-state index contributed by atoms with van der Waals surface area (Å²) in [5.41, 5.74) is 7.89. The lowest BCUT2D eigenvalue weighted by molar-refractivity contribution is -0.131. The molecule has 1 fully saturated rings. The molecule has 2 aromatic heterocycles. The van der Waals surface area contributed by atoms with Crippen LogP contribution in [0.1, 0.15) is 62.1 Å². The molecular formula is C30H39N5O4. The van der Waals surface area contributed by atoms with Crippen LogP contribution in [0, 0.1) is 11.8 Å². The standard InChI is InChI=1S/C30H39N5O4/c1-19(2)16-25(28(31)36)34-29(37)23-9-4-5-10-24(23)33-30(38)27-17-20-11-12-22(18-26(20)35(27)3)39-15-13-21-8-6-7-14-32-21/h6-8,11-12,14,17-19,23-25H,4-5,9-10,13,15-16H2,1-3H3,(H2,31,36)(H,33,38)(H,34,37)/t23-,24+,25+/m1/s1. The number of rotatable bonds is 11. The van der Waals surface area contributed by atoms with Gasteiger partial charge in [-0.1, -0.05) is 32.8 Å². The quantitative estimate of drug-likeness (QED) is 0.348. The molecule has 0 unspecified atom stereocenters. The Labute approximate surface area is 229 Å². The molecule has 4 N–H and O–H groups in total. The Kier molecular flexibility index (Phi) is 9.22. The van der Waals surface area contributed by atoms with Gasteiger partial charge in [0.2, 0.25) is 11.8 Å². The van der Waals surface area contributed by atoms with Crippen LogP contribution in [0.3, 0.4) is 0 Å². The number of carbonyl (C=O) groups is 3.